The van der Waals surface area contributed by atoms with E-state index in [0.717, 1.165) is 0 Å². The number of methoxy groups -OCH3 is 1. The smallest absolute Gasteiger partial charge is 0.407 e. The molecule has 3 fully saturated rings. The molecular formula is C31H44N3O13PS. The van der Waals surface area contributed by atoms with Gasteiger partial charge in [-0.1, -0.05) is 12.1 Å². The molecule has 3 heterocycles. The molecule has 0 bridgehead atoms. The maximum Gasteiger partial charge on any atom is 0.407 e. The summed E-state index contributed by atoms with van der Waals surface area (Å²) in [5, 5.41) is 14.4. The highest BCUT2D eigenvalue weighted by Gasteiger charge is 2.44. The number of morpholine rings is 1. The molecule has 18 heteroatoms. The average molecular weight is 730 g/mol. The number of carbonyl (C=O) groups excluding carboxylic acids is 1. The zero-order chi connectivity index (χ0) is 35.0. The SMILES string of the molecule is COc1ccc(S(=O)(=O)N(CCN2CCOCC2)C[C@@H](O)[C@H](Cc2ccc(OCP(=O)(O)O)cc2)NC(=O)O[C@H]2CO[C@H]3OCC[C@H]32)cc1. The number of aliphatic hydroxyl groups is 1. The summed E-state index contributed by atoms with van der Waals surface area (Å²) in [6, 6.07) is 11.2. The molecule has 3 aliphatic rings. The molecule has 2 aromatic rings. The van der Waals surface area contributed by atoms with Crippen molar-refractivity contribution in [2.75, 3.05) is 72.6 Å². The Labute approximate surface area is 285 Å². The van der Waals surface area contributed by atoms with Crippen molar-refractivity contribution in [2.45, 2.75) is 42.3 Å². The van der Waals surface area contributed by atoms with Crippen LogP contribution in [0.2, 0.25) is 0 Å². The second-order valence-electron chi connectivity index (χ2n) is 12.1. The van der Waals surface area contributed by atoms with E-state index in [1.165, 1.54) is 35.7 Å². The summed E-state index contributed by atoms with van der Waals surface area (Å²) >= 11 is 0. The monoisotopic (exact) mass is 729 g/mol. The molecule has 16 nitrogen and oxygen atoms in total. The molecule has 2 aromatic carbocycles. The fraction of sp³-hybridized carbons (Fsp3) is 0.581. The summed E-state index contributed by atoms with van der Waals surface area (Å²) in [5.74, 6) is 0.592. The van der Waals surface area contributed by atoms with E-state index in [1.807, 2.05) is 0 Å². The number of alkyl carbamates (subject to hydrolysis) is 1. The molecule has 0 unspecified atom stereocenters. The zero-order valence-electron chi connectivity index (χ0n) is 27.2. The molecule has 5 rings (SSSR count). The van der Waals surface area contributed by atoms with Crippen molar-refractivity contribution < 1.29 is 61.1 Å². The van der Waals surface area contributed by atoms with Crippen molar-refractivity contribution >= 4 is 23.7 Å². The molecule has 0 aliphatic carbocycles. The van der Waals surface area contributed by atoms with E-state index in [0.29, 0.717) is 57.2 Å². The summed E-state index contributed by atoms with van der Waals surface area (Å²) in [4.78, 5) is 33.6. The fourth-order valence-electron chi connectivity index (χ4n) is 5.91. The summed E-state index contributed by atoms with van der Waals surface area (Å²) in [6.07, 6.45) is -3.23. The first-order valence-electron chi connectivity index (χ1n) is 16.0. The second-order valence-corrected chi connectivity index (χ2v) is 15.6. The Kier molecular flexibility index (Phi) is 12.9. The number of nitrogens with zero attached hydrogens (tertiary/aromatic N) is 2. The van der Waals surface area contributed by atoms with Gasteiger partial charge in [0.25, 0.3) is 0 Å². The van der Waals surface area contributed by atoms with Gasteiger partial charge in [0.05, 0.1) is 56.5 Å². The number of nitrogens with one attached hydrogen (secondary N) is 1. The van der Waals surface area contributed by atoms with Gasteiger partial charge in [-0.25, -0.2) is 13.2 Å². The van der Waals surface area contributed by atoms with Crippen molar-refractivity contribution in [3.05, 3.63) is 54.1 Å². The number of carbonyl (C=O) groups is 1. The Balaban J connectivity index is 1.34. The van der Waals surface area contributed by atoms with Crippen LogP contribution in [-0.4, -0.2) is 136 Å². The van der Waals surface area contributed by atoms with Crippen LogP contribution in [0.4, 0.5) is 4.79 Å². The van der Waals surface area contributed by atoms with Crippen LogP contribution in [-0.2, 0) is 40.0 Å². The molecule has 0 spiro atoms. The van der Waals surface area contributed by atoms with Crippen LogP contribution in [0.1, 0.15) is 12.0 Å². The van der Waals surface area contributed by atoms with Crippen LogP contribution in [0.15, 0.2) is 53.4 Å². The predicted octanol–water partition coefficient (Wildman–Crippen LogP) is 0.992. The van der Waals surface area contributed by atoms with Crippen LogP contribution < -0.4 is 14.8 Å². The molecule has 3 aliphatic heterocycles. The number of hydrogen-bond acceptors (Lipinski definition) is 12. The summed E-state index contributed by atoms with van der Waals surface area (Å²) < 4.78 is 72.9. The highest BCUT2D eigenvalue weighted by molar-refractivity contribution is 7.89. The van der Waals surface area contributed by atoms with Crippen molar-refractivity contribution in [3.8, 4) is 11.5 Å². The van der Waals surface area contributed by atoms with Crippen LogP contribution in [0.25, 0.3) is 0 Å². The van der Waals surface area contributed by atoms with E-state index in [-0.39, 0.29) is 42.7 Å². The van der Waals surface area contributed by atoms with Gasteiger partial charge in [-0.15, -0.1) is 0 Å². The third-order valence-corrected chi connectivity index (χ3v) is 11.0. The highest BCUT2D eigenvalue weighted by Crippen LogP contribution is 2.35. The van der Waals surface area contributed by atoms with Gasteiger partial charge in [0, 0.05) is 32.7 Å². The Bertz CT molecular complexity index is 1520. The number of aliphatic hydroxyl groups excluding tert-OH is 1. The molecule has 272 valence electrons. The van der Waals surface area contributed by atoms with E-state index < -0.39 is 54.6 Å². The molecule has 3 saturated heterocycles. The minimum absolute atomic E-state index is 0.0202. The molecule has 0 saturated carbocycles. The van der Waals surface area contributed by atoms with Gasteiger partial charge >= 0.3 is 13.7 Å². The number of hydrogen-bond donors (Lipinski definition) is 4. The number of sulfonamides is 1. The van der Waals surface area contributed by atoms with E-state index in [2.05, 4.69) is 10.2 Å². The van der Waals surface area contributed by atoms with Gasteiger partial charge in [0.15, 0.2) is 12.6 Å². The largest absolute Gasteiger partial charge is 0.497 e. The Morgan fingerprint density at radius 2 is 1.76 bits per heavy atom. The third kappa shape index (κ3) is 10.6. The maximum absolute atomic E-state index is 14.0. The number of fused-ring (bicyclic) bond motifs is 1. The van der Waals surface area contributed by atoms with Crippen LogP contribution >= 0.6 is 7.60 Å². The quantitative estimate of drug-likeness (QED) is 0.178. The topological polar surface area (TPSA) is 203 Å². The van der Waals surface area contributed by atoms with Crippen LogP contribution in [0.3, 0.4) is 0 Å². The van der Waals surface area contributed by atoms with Crippen molar-refractivity contribution in [3.63, 3.8) is 0 Å². The summed E-state index contributed by atoms with van der Waals surface area (Å²) in [7, 11) is -7.01. The van der Waals surface area contributed by atoms with E-state index in [1.54, 1.807) is 24.3 Å². The number of amides is 1. The number of benzene rings is 2. The predicted molar refractivity (Wildman–Crippen MR) is 174 cm³/mol. The highest BCUT2D eigenvalue weighted by atomic mass is 32.2. The first-order chi connectivity index (χ1) is 23.4. The van der Waals surface area contributed by atoms with Gasteiger partial charge in [0.1, 0.15) is 17.6 Å². The molecule has 0 radical (unpaired) electrons. The summed E-state index contributed by atoms with van der Waals surface area (Å²) in [6.45, 7) is 3.12. The van der Waals surface area contributed by atoms with Crippen molar-refractivity contribution in [2.24, 2.45) is 5.92 Å². The molecular weight excluding hydrogens is 685 g/mol. The minimum atomic E-state index is -4.39. The second kappa shape index (κ2) is 16.9. The van der Waals surface area contributed by atoms with Gasteiger partial charge in [-0.3, -0.25) is 9.46 Å². The molecule has 5 atom stereocenters. The Morgan fingerprint density at radius 3 is 2.43 bits per heavy atom. The standard InChI is InChI=1S/C31H44N3O13PS/c1-42-23-6-8-25(9-7-23)49(40,41)34(12-11-33-13-16-43-17-14-33)19-28(35)27(18-22-2-4-24(5-3-22)46-21-48(37,38)39)32-31(36)47-29-20-45-30-26(29)10-15-44-30/h2-9,26-30,35H,10-21H2,1H3,(H,32,36)(H2,37,38,39)/t26-,27-,28+,29-,30+/m0/s1. The average Bonchev–Trinajstić information content (AvgIpc) is 3.71. The Morgan fingerprint density at radius 1 is 1.06 bits per heavy atom. The normalized spacial score (nSPS) is 22.8. The van der Waals surface area contributed by atoms with Crippen molar-refractivity contribution in [1.29, 1.82) is 0 Å². The molecule has 0 aromatic heterocycles. The van der Waals surface area contributed by atoms with Crippen molar-refractivity contribution in [1.82, 2.24) is 14.5 Å². The van der Waals surface area contributed by atoms with Crippen LogP contribution in [0, 0.1) is 5.92 Å². The molecule has 4 N–H and O–H groups in total. The van der Waals surface area contributed by atoms with Crippen LogP contribution in [0.5, 0.6) is 11.5 Å². The first-order valence-corrected chi connectivity index (χ1v) is 19.2. The molecule has 49 heavy (non-hydrogen) atoms. The van der Waals surface area contributed by atoms with Gasteiger partial charge in [0.2, 0.25) is 10.0 Å². The number of ether oxygens (including phenoxy) is 6. The van der Waals surface area contributed by atoms with Gasteiger partial charge in [-0.05, 0) is 54.8 Å². The number of rotatable bonds is 16. The lowest BCUT2D eigenvalue weighted by molar-refractivity contribution is -0.0907. The summed E-state index contributed by atoms with van der Waals surface area (Å²) in [5.41, 5.74) is 0.624. The van der Waals surface area contributed by atoms with E-state index >= 15 is 0 Å². The third-order valence-electron chi connectivity index (χ3n) is 8.65. The van der Waals surface area contributed by atoms with E-state index in [4.69, 9.17) is 38.2 Å². The lowest BCUT2D eigenvalue weighted by atomic mass is 10.0. The van der Waals surface area contributed by atoms with Gasteiger partial charge < -0.3 is 48.6 Å². The lowest BCUT2D eigenvalue weighted by Crippen LogP contribution is -2.52. The fourth-order valence-corrected chi connectivity index (χ4v) is 7.67. The maximum atomic E-state index is 14.0. The zero-order valence-corrected chi connectivity index (χ0v) is 28.9. The van der Waals surface area contributed by atoms with E-state index in [9.17, 15) is 22.9 Å². The minimum Gasteiger partial charge on any atom is -0.497 e. The van der Waals surface area contributed by atoms with Gasteiger partial charge in [-0.2, -0.15) is 4.31 Å². The lowest BCUT2D eigenvalue weighted by Gasteiger charge is -2.32. The molecule has 1 amide bonds. The first kappa shape index (κ1) is 37.4. The Hall–Kier alpha value is -2.83.